The summed E-state index contributed by atoms with van der Waals surface area (Å²) in [5.41, 5.74) is -0.169. The number of rotatable bonds is 2. The van der Waals surface area contributed by atoms with Gasteiger partial charge in [-0.2, -0.15) is 5.10 Å². The van der Waals surface area contributed by atoms with Crippen LogP contribution < -0.4 is 10.9 Å². The Morgan fingerprint density at radius 3 is 3.00 bits per heavy atom. The number of nitrogens with zero attached hydrogens (tertiary/aromatic N) is 1. The predicted octanol–water partition coefficient (Wildman–Crippen LogP) is -0.477. The zero-order valence-electron chi connectivity index (χ0n) is 7.63. The summed E-state index contributed by atoms with van der Waals surface area (Å²) in [6.07, 6.45) is 0. The van der Waals surface area contributed by atoms with E-state index in [4.69, 9.17) is 0 Å². The van der Waals surface area contributed by atoms with Crippen LogP contribution in [0.15, 0.2) is 16.9 Å². The van der Waals surface area contributed by atoms with Gasteiger partial charge < -0.3 is 5.32 Å². The molecule has 1 aromatic heterocycles. The van der Waals surface area contributed by atoms with E-state index in [1.54, 1.807) is 6.92 Å². The molecule has 1 heterocycles. The molecule has 5 nitrogen and oxygen atoms in total. The van der Waals surface area contributed by atoms with Gasteiger partial charge in [0.1, 0.15) is 5.69 Å². The molecular weight excluding hydrogens is 182 g/mol. The Morgan fingerprint density at radius 1 is 1.64 bits per heavy atom. The maximum Gasteiger partial charge on any atom is 0.272 e. The fourth-order valence-electron chi connectivity index (χ4n) is 0.774. The van der Waals surface area contributed by atoms with Crippen LogP contribution in [0, 0.1) is 11.8 Å². The minimum Gasteiger partial charge on any atom is -0.340 e. The smallest absolute Gasteiger partial charge is 0.272 e. The van der Waals surface area contributed by atoms with Crippen LogP contribution in [0.4, 0.5) is 0 Å². The molecule has 0 radical (unpaired) electrons. The normalized spacial score (nSPS) is 8.64. The molecule has 1 aromatic rings. The number of aromatic amines is 1. The second-order valence-electron chi connectivity index (χ2n) is 2.42. The van der Waals surface area contributed by atoms with Crippen molar-refractivity contribution in [2.24, 2.45) is 0 Å². The standard InChI is InChI=1S/C9H9N3O2/c1-2-3-6-10-9(14)7-4-5-8(13)12-11-7/h4-5H,6H2,1H3,(H,10,14)(H,12,13). The molecule has 1 amide bonds. The zero-order valence-corrected chi connectivity index (χ0v) is 7.63. The Kier molecular flexibility index (Phi) is 3.44. The highest BCUT2D eigenvalue weighted by Gasteiger charge is 2.04. The van der Waals surface area contributed by atoms with E-state index in [9.17, 15) is 9.59 Å². The largest absolute Gasteiger partial charge is 0.340 e. The van der Waals surface area contributed by atoms with Crippen LogP contribution in [0.1, 0.15) is 17.4 Å². The lowest BCUT2D eigenvalue weighted by atomic mass is 10.3. The van der Waals surface area contributed by atoms with Gasteiger partial charge in [0.2, 0.25) is 0 Å². The molecule has 1 rings (SSSR count). The number of aromatic nitrogens is 2. The van der Waals surface area contributed by atoms with E-state index in [-0.39, 0.29) is 23.7 Å². The molecule has 0 saturated heterocycles. The van der Waals surface area contributed by atoms with Gasteiger partial charge in [0.15, 0.2) is 0 Å². The molecule has 0 saturated carbocycles. The molecule has 5 heteroatoms. The molecule has 0 bridgehead atoms. The van der Waals surface area contributed by atoms with Crippen LogP contribution in [0.3, 0.4) is 0 Å². The number of hydrogen-bond donors (Lipinski definition) is 2. The number of nitrogens with one attached hydrogen (secondary N) is 2. The molecule has 0 aliphatic rings. The van der Waals surface area contributed by atoms with Crippen LogP contribution >= 0.6 is 0 Å². The molecule has 0 spiro atoms. The molecule has 0 fully saturated rings. The highest BCUT2D eigenvalue weighted by molar-refractivity contribution is 5.92. The van der Waals surface area contributed by atoms with Gasteiger partial charge in [-0.1, -0.05) is 5.92 Å². The summed E-state index contributed by atoms with van der Waals surface area (Å²) in [4.78, 5) is 21.9. The second-order valence-corrected chi connectivity index (χ2v) is 2.42. The summed E-state index contributed by atoms with van der Waals surface area (Å²) in [6, 6.07) is 2.60. The fraction of sp³-hybridized carbons (Fsp3) is 0.222. The van der Waals surface area contributed by atoms with Crippen LogP contribution in [0.25, 0.3) is 0 Å². The number of carbonyl (C=O) groups is 1. The number of amides is 1. The first-order valence-corrected chi connectivity index (χ1v) is 3.97. The maximum atomic E-state index is 11.3. The quantitative estimate of drug-likeness (QED) is 0.620. The Labute approximate surface area is 80.5 Å². The fourth-order valence-corrected chi connectivity index (χ4v) is 0.774. The Morgan fingerprint density at radius 2 is 2.43 bits per heavy atom. The van der Waals surface area contributed by atoms with Gasteiger partial charge in [0.25, 0.3) is 11.5 Å². The van der Waals surface area contributed by atoms with E-state index in [0.717, 1.165) is 0 Å². The number of carbonyl (C=O) groups excluding carboxylic acids is 1. The molecule has 0 aliphatic carbocycles. The third-order valence-electron chi connectivity index (χ3n) is 1.43. The van der Waals surface area contributed by atoms with Crippen molar-refractivity contribution in [1.29, 1.82) is 0 Å². The number of H-pyrrole nitrogens is 1. The van der Waals surface area contributed by atoms with Crippen molar-refractivity contribution in [3.63, 3.8) is 0 Å². The van der Waals surface area contributed by atoms with Crippen molar-refractivity contribution in [3.05, 3.63) is 28.2 Å². The van der Waals surface area contributed by atoms with Gasteiger partial charge >= 0.3 is 0 Å². The molecule has 0 atom stereocenters. The van der Waals surface area contributed by atoms with Gasteiger partial charge in [0.05, 0.1) is 6.54 Å². The maximum absolute atomic E-state index is 11.3. The van der Waals surface area contributed by atoms with Crippen LogP contribution in [-0.4, -0.2) is 22.6 Å². The number of hydrogen-bond acceptors (Lipinski definition) is 3. The topological polar surface area (TPSA) is 74.8 Å². The third kappa shape index (κ3) is 2.75. The lowest BCUT2D eigenvalue weighted by Gasteiger charge is -1.98. The first-order valence-electron chi connectivity index (χ1n) is 3.97. The molecule has 0 aliphatic heterocycles. The molecule has 14 heavy (non-hydrogen) atoms. The van der Waals surface area contributed by atoms with Crippen LogP contribution in [0.2, 0.25) is 0 Å². The summed E-state index contributed by atoms with van der Waals surface area (Å²) in [5.74, 6) is 4.96. The average Bonchev–Trinajstić information content (AvgIpc) is 2.19. The highest BCUT2D eigenvalue weighted by atomic mass is 16.2. The van der Waals surface area contributed by atoms with Gasteiger partial charge in [0, 0.05) is 6.07 Å². The Hall–Kier alpha value is -2.09. The SMILES string of the molecule is CC#CCNC(=O)c1ccc(=O)[nH]n1. The molecular formula is C9H9N3O2. The van der Waals surface area contributed by atoms with E-state index in [2.05, 4.69) is 27.4 Å². The first kappa shape index (κ1) is 9.99. The lowest BCUT2D eigenvalue weighted by Crippen LogP contribution is -2.25. The Balaban J connectivity index is 2.64. The minimum absolute atomic E-state index is 0.169. The average molecular weight is 191 g/mol. The minimum atomic E-state index is -0.357. The van der Waals surface area contributed by atoms with E-state index >= 15 is 0 Å². The van der Waals surface area contributed by atoms with Gasteiger partial charge in [-0.15, -0.1) is 5.92 Å². The van der Waals surface area contributed by atoms with Crippen molar-refractivity contribution in [2.45, 2.75) is 6.92 Å². The molecule has 0 aromatic carbocycles. The lowest BCUT2D eigenvalue weighted by molar-refractivity contribution is 0.0952. The molecule has 72 valence electrons. The summed E-state index contributed by atoms with van der Waals surface area (Å²) in [7, 11) is 0. The van der Waals surface area contributed by atoms with Gasteiger partial charge in [-0.25, -0.2) is 5.10 Å². The second kappa shape index (κ2) is 4.82. The Bertz CT molecular complexity index is 419. The zero-order chi connectivity index (χ0) is 10.4. The summed E-state index contributed by atoms with van der Waals surface area (Å²) in [6.45, 7) is 1.96. The van der Waals surface area contributed by atoms with Gasteiger partial charge in [-0.05, 0) is 13.0 Å². The van der Waals surface area contributed by atoms with E-state index in [1.807, 2.05) is 0 Å². The van der Waals surface area contributed by atoms with Crippen molar-refractivity contribution < 1.29 is 4.79 Å². The van der Waals surface area contributed by atoms with E-state index in [1.165, 1.54) is 12.1 Å². The van der Waals surface area contributed by atoms with Crippen molar-refractivity contribution in [1.82, 2.24) is 15.5 Å². The highest BCUT2D eigenvalue weighted by Crippen LogP contribution is 1.86. The van der Waals surface area contributed by atoms with Crippen molar-refractivity contribution in [3.8, 4) is 11.8 Å². The van der Waals surface area contributed by atoms with E-state index in [0.29, 0.717) is 0 Å². The van der Waals surface area contributed by atoms with Gasteiger partial charge in [-0.3, -0.25) is 9.59 Å². The summed E-state index contributed by atoms with van der Waals surface area (Å²) < 4.78 is 0. The van der Waals surface area contributed by atoms with Crippen LogP contribution in [0.5, 0.6) is 0 Å². The van der Waals surface area contributed by atoms with Crippen molar-refractivity contribution in [2.75, 3.05) is 6.54 Å². The third-order valence-corrected chi connectivity index (χ3v) is 1.43. The first-order chi connectivity index (χ1) is 6.74. The predicted molar refractivity (Wildman–Crippen MR) is 50.6 cm³/mol. The monoisotopic (exact) mass is 191 g/mol. The van der Waals surface area contributed by atoms with Crippen LogP contribution in [-0.2, 0) is 0 Å². The molecule has 0 unspecified atom stereocenters. The molecule has 2 N–H and O–H groups in total. The van der Waals surface area contributed by atoms with Crippen molar-refractivity contribution >= 4 is 5.91 Å². The summed E-state index contributed by atoms with van der Waals surface area (Å²) >= 11 is 0. The van der Waals surface area contributed by atoms with E-state index < -0.39 is 0 Å². The summed E-state index contributed by atoms with van der Waals surface area (Å²) in [5, 5.41) is 8.25.